The van der Waals surface area contributed by atoms with Crippen molar-refractivity contribution in [3.8, 4) is 11.4 Å². The third-order valence-electron chi connectivity index (χ3n) is 4.18. The zero-order chi connectivity index (χ0) is 21.3. The first-order valence-corrected chi connectivity index (χ1v) is 9.38. The van der Waals surface area contributed by atoms with Crippen molar-refractivity contribution in [2.75, 3.05) is 26.7 Å². The van der Waals surface area contributed by atoms with Gasteiger partial charge in [0, 0.05) is 32.3 Å². The summed E-state index contributed by atoms with van der Waals surface area (Å²) in [4.78, 5) is 4.11. The molecular weight excluding hydrogens is 522 g/mol. The molecule has 3 aromatic rings. The molecule has 0 bridgehead atoms. The number of ether oxygens (including phenoxy) is 1. The monoisotopic (exact) mass is 545 g/mol. The van der Waals surface area contributed by atoms with Crippen LogP contribution in [0.4, 0.5) is 13.2 Å². The molecule has 0 atom stereocenters. The van der Waals surface area contributed by atoms with Crippen molar-refractivity contribution in [1.82, 2.24) is 20.4 Å². The van der Waals surface area contributed by atoms with E-state index in [4.69, 9.17) is 4.74 Å². The normalized spacial score (nSPS) is 11.0. The smallest absolute Gasteiger partial charge is 0.191 e. The molecule has 31 heavy (non-hydrogen) atoms. The summed E-state index contributed by atoms with van der Waals surface area (Å²) < 4.78 is 46.4. The lowest BCUT2D eigenvalue weighted by Gasteiger charge is -2.12. The van der Waals surface area contributed by atoms with Crippen molar-refractivity contribution in [3.63, 3.8) is 0 Å². The number of aromatic nitrogens is 2. The summed E-state index contributed by atoms with van der Waals surface area (Å²) in [5, 5.41) is 10.7. The average Bonchev–Trinajstić information content (AvgIpc) is 3.20. The molecule has 2 aromatic carbocycles. The minimum atomic E-state index is -0.738. The lowest BCUT2D eigenvalue weighted by atomic mass is 10.3. The molecular formula is C21H23F3IN5O. The van der Waals surface area contributed by atoms with Crippen LogP contribution in [0, 0.1) is 17.5 Å². The molecule has 0 aliphatic heterocycles. The van der Waals surface area contributed by atoms with Crippen LogP contribution < -0.4 is 15.4 Å². The van der Waals surface area contributed by atoms with E-state index in [1.165, 1.54) is 18.2 Å². The van der Waals surface area contributed by atoms with Crippen molar-refractivity contribution in [2.45, 2.75) is 6.42 Å². The van der Waals surface area contributed by atoms with Crippen molar-refractivity contribution in [1.29, 1.82) is 0 Å². The molecule has 0 amide bonds. The lowest BCUT2D eigenvalue weighted by molar-refractivity contribution is 0.304. The quantitative estimate of drug-likeness (QED) is 0.196. The summed E-state index contributed by atoms with van der Waals surface area (Å²) in [5.74, 6) is -1.11. The maximum Gasteiger partial charge on any atom is 0.191 e. The van der Waals surface area contributed by atoms with Gasteiger partial charge in [0.2, 0.25) is 0 Å². The van der Waals surface area contributed by atoms with Crippen LogP contribution in [0.2, 0.25) is 0 Å². The van der Waals surface area contributed by atoms with Gasteiger partial charge in [0.25, 0.3) is 0 Å². The van der Waals surface area contributed by atoms with Crippen LogP contribution in [-0.4, -0.2) is 42.5 Å². The molecule has 6 nitrogen and oxygen atoms in total. The number of guanidine groups is 1. The third-order valence-corrected chi connectivity index (χ3v) is 4.18. The fraction of sp³-hybridized carbons (Fsp3) is 0.238. The lowest BCUT2D eigenvalue weighted by Crippen LogP contribution is -2.40. The molecule has 0 spiro atoms. The first-order chi connectivity index (χ1) is 14.5. The summed E-state index contributed by atoms with van der Waals surface area (Å²) in [7, 11) is 1.64. The van der Waals surface area contributed by atoms with Crippen molar-refractivity contribution in [3.05, 3.63) is 77.9 Å². The van der Waals surface area contributed by atoms with Gasteiger partial charge in [-0.15, -0.1) is 24.0 Å². The number of nitrogens with zero attached hydrogens (tertiary/aromatic N) is 3. The van der Waals surface area contributed by atoms with Crippen LogP contribution in [0.3, 0.4) is 0 Å². The Hall–Kier alpha value is -2.76. The summed E-state index contributed by atoms with van der Waals surface area (Å²) >= 11 is 0. The molecule has 0 saturated carbocycles. The topological polar surface area (TPSA) is 63.5 Å². The number of hydrogen-bond acceptors (Lipinski definition) is 3. The van der Waals surface area contributed by atoms with E-state index in [-0.39, 0.29) is 42.2 Å². The fourth-order valence-electron chi connectivity index (χ4n) is 2.68. The highest BCUT2D eigenvalue weighted by atomic mass is 127. The van der Waals surface area contributed by atoms with Crippen molar-refractivity contribution in [2.24, 2.45) is 4.99 Å². The van der Waals surface area contributed by atoms with Gasteiger partial charge >= 0.3 is 0 Å². The third kappa shape index (κ3) is 7.46. The SMILES string of the molecule is CN=C(NCCOc1ccc(F)cc1F)NCCc1ccn(-c2ccc(F)cc2)n1.I. The van der Waals surface area contributed by atoms with Crippen molar-refractivity contribution >= 4 is 29.9 Å². The average molecular weight is 545 g/mol. The molecule has 3 rings (SSSR count). The van der Waals surface area contributed by atoms with Gasteiger partial charge in [0.1, 0.15) is 18.2 Å². The van der Waals surface area contributed by atoms with Crippen LogP contribution >= 0.6 is 24.0 Å². The standard InChI is InChI=1S/C21H22F3N5O.HI/c1-25-21(27-11-13-30-20-7-4-16(23)14-19(20)24)26-10-8-17-9-12-29(28-17)18-5-2-15(22)3-6-18;/h2-7,9,12,14H,8,10-11,13H2,1H3,(H2,25,26,27);1H. The van der Waals surface area contributed by atoms with Gasteiger partial charge in [-0.2, -0.15) is 5.10 Å². The molecule has 0 aliphatic carbocycles. The van der Waals surface area contributed by atoms with Crippen molar-refractivity contribution < 1.29 is 17.9 Å². The number of hydrogen-bond donors (Lipinski definition) is 2. The summed E-state index contributed by atoms with van der Waals surface area (Å²) in [6.07, 6.45) is 2.48. The van der Waals surface area contributed by atoms with Crippen LogP contribution in [0.25, 0.3) is 5.69 Å². The molecule has 1 heterocycles. The maximum absolute atomic E-state index is 13.5. The van der Waals surface area contributed by atoms with E-state index in [0.29, 0.717) is 25.5 Å². The molecule has 0 unspecified atom stereocenters. The first kappa shape index (κ1) is 24.5. The second-order valence-corrected chi connectivity index (χ2v) is 6.33. The minimum absolute atomic E-state index is 0. The van der Waals surface area contributed by atoms with Gasteiger partial charge in [-0.1, -0.05) is 0 Å². The van der Waals surface area contributed by atoms with E-state index in [1.807, 2.05) is 12.3 Å². The van der Waals surface area contributed by atoms with Gasteiger partial charge < -0.3 is 15.4 Å². The molecule has 0 saturated heterocycles. The number of halogens is 4. The van der Waals surface area contributed by atoms with Crippen LogP contribution in [-0.2, 0) is 6.42 Å². The van der Waals surface area contributed by atoms with Crippen LogP contribution in [0.15, 0.2) is 59.7 Å². The van der Waals surface area contributed by atoms with Gasteiger partial charge in [0.15, 0.2) is 17.5 Å². The molecule has 166 valence electrons. The second kappa shape index (κ2) is 12.2. The Morgan fingerprint density at radius 1 is 1.00 bits per heavy atom. The van der Waals surface area contributed by atoms with Gasteiger partial charge in [-0.05, 0) is 42.5 Å². The van der Waals surface area contributed by atoms with Gasteiger partial charge in [-0.3, -0.25) is 4.99 Å². The summed E-state index contributed by atoms with van der Waals surface area (Å²) in [6, 6.07) is 11.2. The molecule has 2 N–H and O–H groups in total. The molecule has 0 radical (unpaired) electrons. The highest BCUT2D eigenvalue weighted by Crippen LogP contribution is 2.17. The van der Waals surface area contributed by atoms with E-state index < -0.39 is 11.6 Å². The zero-order valence-corrected chi connectivity index (χ0v) is 19.1. The fourth-order valence-corrected chi connectivity index (χ4v) is 2.68. The predicted molar refractivity (Wildman–Crippen MR) is 124 cm³/mol. The minimum Gasteiger partial charge on any atom is -0.489 e. The Morgan fingerprint density at radius 2 is 1.71 bits per heavy atom. The first-order valence-electron chi connectivity index (χ1n) is 9.38. The number of nitrogens with one attached hydrogen (secondary N) is 2. The maximum atomic E-state index is 13.5. The molecule has 10 heteroatoms. The zero-order valence-electron chi connectivity index (χ0n) is 16.8. The highest BCUT2D eigenvalue weighted by Gasteiger charge is 2.06. The second-order valence-electron chi connectivity index (χ2n) is 6.33. The summed E-state index contributed by atoms with van der Waals surface area (Å²) in [5.41, 5.74) is 1.66. The van der Waals surface area contributed by atoms with Gasteiger partial charge in [0.05, 0.1) is 17.9 Å². The summed E-state index contributed by atoms with van der Waals surface area (Å²) in [6.45, 7) is 1.16. The number of benzene rings is 2. The molecule has 0 fully saturated rings. The Kier molecular flexibility index (Phi) is 9.63. The van der Waals surface area contributed by atoms with Gasteiger partial charge in [-0.25, -0.2) is 17.9 Å². The van der Waals surface area contributed by atoms with Crippen LogP contribution in [0.5, 0.6) is 5.75 Å². The number of aliphatic imine (C=N–C) groups is 1. The molecule has 1 aromatic heterocycles. The molecule has 0 aliphatic rings. The Balaban J connectivity index is 0.00000341. The van der Waals surface area contributed by atoms with E-state index in [1.54, 1.807) is 23.9 Å². The Labute approximate surface area is 195 Å². The van der Waals surface area contributed by atoms with E-state index in [0.717, 1.165) is 23.5 Å². The van der Waals surface area contributed by atoms with Crippen LogP contribution in [0.1, 0.15) is 5.69 Å². The highest BCUT2D eigenvalue weighted by molar-refractivity contribution is 14.0. The van der Waals surface area contributed by atoms with E-state index in [9.17, 15) is 13.2 Å². The Morgan fingerprint density at radius 3 is 2.42 bits per heavy atom. The predicted octanol–water partition coefficient (Wildman–Crippen LogP) is 3.69. The van der Waals surface area contributed by atoms with E-state index >= 15 is 0 Å². The Bertz CT molecular complexity index is 995. The van der Waals surface area contributed by atoms with E-state index in [2.05, 4.69) is 20.7 Å². The number of rotatable bonds is 8. The largest absolute Gasteiger partial charge is 0.489 e.